The Morgan fingerprint density at radius 2 is 2.12 bits per heavy atom. The van der Waals surface area contributed by atoms with Gasteiger partial charge in [0.25, 0.3) is 0 Å². The van der Waals surface area contributed by atoms with Crippen LogP contribution in [0.3, 0.4) is 0 Å². The fourth-order valence-corrected chi connectivity index (χ4v) is 3.42. The van der Waals surface area contributed by atoms with Gasteiger partial charge in [-0.05, 0) is 24.0 Å². The van der Waals surface area contributed by atoms with E-state index in [1.165, 1.54) is 0 Å². The number of nitrogens with zero attached hydrogens (tertiary/aromatic N) is 3. The standard InChI is InChI=1S/C18H20N3O3S.Na/c1-13-16(19-9-8-17(13)24-11-5-10-23-2)12-25(22)18-20-14-6-3-4-7-15(14)21-18;/h3-4,6-9H,5,10-12H2,1-2H3;/q-1;+1/t25-;/m0./s1/i2D3;. The van der Waals surface area contributed by atoms with E-state index >= 15 is 0 Å². The largest absolute Gasteiger partial charge is 1.00 e. The third-order valence-corrected chi connectivity index (χ3v) is 4.82. The van der Waals surface area contributed by atoms with Gasteiger partial charge in [0.15, 0.2) is 0 Å². The van der Waals surface area contributed by atoms with E-state index in [1.54, 1.807) is 12.3 Å². The van der Waals surface area contributed by atoms with E-state index in [1.807, 2.05) is 31.2 Å². The summed E-state index contributed by atoms with van der Waals surface area (Å²) in [5, 5.41) is 0.288. The van der Waals surface area contributed by atoms with E-state index in [4.69, 9.17) is 13.6 Å². The summed E-state index contributed by atoms with van der Waals surface area (Å²) in [7, 11) is -3.82. The van der Waals surface area contributed by atoms with Gasteiger partial charge in [-0.2, -0.15) is 0 Å². The fraction of sp³-hybridized carbons (Fsp3) is 0.333. The summed E-state index contributed by atoms with van der Waals surface area (Å²) < 4.78 is 44.0. The van der Waals surface area contributed by atoms with Gasteiger partial charge in [0.05, 0.1) is 33.0 Å². The molecule has 3 aromatic rings. The Kier molecular flexibility index (Phi) is 6.61. The Balaban J connectivity index is 0.00000300. The molecule has 0 saturated carbocycles. The van der Waals surface area contributed by atoms with Crippen LogP contribution in [0.4, 0.5) is 0 Å². The normalized spacial score (nSPS) is 14.1. The van der Waals surface area contributed by atoms with E-state index in [0.717, 1.165) is 5.56 Å². The van der Waals surface area contributed by atoms with Crippen molar-refractivity contribution in [1.29, 1.82) is 0 Å². The summed E-state index contributed by atoms with van der Waals surface area (Å²) in [6.45, 7) is 2.23. The second-order valence-electron chi connectivity index (χ2n) is 5.42. The fourth-order valence-electron chi connectivity index (χ4n) is 2.35. The van der Waals surface area contributed by atoms with Crippen molar-refractivity contribution in [1.82, 2.24) is 15.0 Å². The number of para-hydroxylation sites is 2. The van der Waals surface area contributed by atoms with Gasteiger partial charge in [-0.1, -0.05) is 24.3 Å². The minimum absolute atomic E-state index is 0. The number of rotatable bonds is 8. The molecule has 6 nitrogen and oxygen atoms in total. The number of pyridine rings is 1. The molecule has 0 bridgehead atoms. The zero-order chi connectivity index (χ0) is 20.1. The van der Waals surface area contributed by atoms with Gasteiger partial charge in [-0.15, -0.1) is 0 Å². The Morgan fingerprint density at radius 1 is 1.27 bits per heavy atom. The Hall–Kier alpha value is -1.25. The molecule has 3 rings (SSSR count). The minimum Gasteiger partial charge on any atom is -0.493 e. The van der Waals surface area contributed by atoms with Gasteiger partial charge in [0.2, 0.25) is 0 Å². The summed E-state index contributed by atoms with van der Waals surface area (Å²) in [6.07, 6.45) is 2.03. The summed E-state index contributed by atoms with van der Waals surface area (Å²) in [5.41, 5.74) is 2.85. The topological polar surface area (TPSA) is 75.4 Å². The maximum atomic E-state index is 12.7. The first-order valence-corrected chi connectivity index (χ1v) is 9.14. The molecule has 0 fully saturated rings. The van der Waals surface area contributed by atoms with E-state index in [9.17, 15) is 4.21 Å². The van der Waals surface area contributed by atoms with Crippen LogP contribution in [0.25, 0.3) is 11.0 Å². The smallest absolute Gasteiger partial charge is 0.493 e. The average molecular weight is 384 g/mol. The SMILES string of the molecule is [2H]C([2H])([2H])OCCCOc1ccnc(C[S@](=O)c2nc3ccccc3[n-]2)c1C.[Na+]. The third-order valence-electron chi connectivity index (χ3n) is 3.69. The Morgan fingerprint density at radius 3 is 2.92 bits per heavy atom. The van der Waals surface area contributed by atoms with Gasteiger partial charge >= 0.3 is 29.6 Å². The Bertz CT molecular complexity index is 949. The molecule has 0 unspecified atom stereocenters. The molecular formula is C18H20N3NaO3S. The molecule has 0 amide bonds. The first-order chi connectivity index (χ1) is 13.3. The number of imidazole rings is 1. The van der Waals surface area contributed by atoms with E-state index < -0.39 is 17.8 Å². The molecule has 0 aliphatic heterocycles. The Labute approximate surface area is 181 Å². The van der Waals surface area contributed by atoms with Crippen molar-refractivity contribution in [3.63, 3.8) is 0 Å². The van der Waals surface area contributed by atoms with Crippen LogP contribution in [0.15, 0.2) is 41.7 Å². The molecule has 132 valence electrons. The quantitative estimate of drug-likeness (QED) is 0.389. The maximum Gasteiger partial charge on any atom is 1.00 e. The number of fused-ring (bicyclic) bond motifs is 1. The van der Waals surface area contributed by atoms with Crippen molar-refractivity contribution in [2.75, 3.05) is 20.3 Å². The zero-order valence-corrected chi connectivity index (χ0v) is 17.6. The molecule has 26 heavy (non-hydrogen) atoms. The number of hydrogen-bond donors (Lipinski definition) is 0. The third kappa shape index (κ3) is 5.14. The molecule has 0 radical (unpaired) electrons. The predicted molar refractivity (Wildman–Crippen MR) is 96.1 cm³/mol. The summed E-state index contributed by atoms with van der Waals surface area (Å²) in [5.74, 6) is 0.797. The van der Waals surface area contributed by atoms with Gasteiger partial charge in [-0.3, -0.25) is 9.19 Å². The summed E-state index contributed by atoms with van der Waals surface area (Å²) >= 11 is 0. The second-order valence-corrected chi connectivity index (χ2v) is 6.76. The van der Waals surface area contributed by atoms with Crippen molar-refractivity contribution in [2.45, 2.75) is 24.3 Å². The first-order valence-electron chi connectivity index (χ1n) is 9.32. The van der Waals surface area contributed by atoms with Crippen LogP contribution in [-0.4, -0.2) is 34.4 Å². The van der Waals surface area contributed by atoms with E-state index in [2.05, 4.69) is 15.0 Å². The number of benzene rings is 1. The summed E-state index contributed by atoms with van der Waals surface area (Å²) in [6, 6.07) is 9.10. The van der Waals surface area contributed by atoms with Crippen molar-refractivity contribution in [3.8, 4) is 5.75 Å². The van der Waals surface area contributed by atoms with Crippen molar-refractivity contribution in [2.24, 2.45) is 0 Å². The minimum atomic E-state index is -2.39. The molecule has 8 heteroatoms. The van der Waals surface area contributed by atoms with Crippen LogP contribution in [0, 0.1) is 6.92 Å². The predicted octanol–water partition coefficient (Wildman–Crippen LogP) is -0.377. The number of hydrogen-bond acceptors (Lipinski definition) is 5. The molecule has 0 saturated heterocycles. The van der Waals surface area contributed by atoms with Crippen LogP contribution < -0.4 is 39.3 Å². The molecule has 2 heterocycles. The number of ether oxygens (including phenoxy) is 2. The molecule has 0 N–H and O–H groups in total. The molecule has 2 aromatic heterocycles. The zero-order valence-electron chi connectivity index (χ0n) is 17.8. The van der Waals surface area contributed by atoms with E-state index in [0.29, 0.717) is 35.5 Å². The monoisotopic (exact) mass is 384 g/mol. The first kappa shape index (κ1) is 16.9. The number of methoxy groups -OCH3 is 1. The van der Waals surface area contributed by atoms with Crippen LogP contribution in [0.5, 0.6) is 5.75 Å². The molecule has 0 aliphatic rings. The molecular weight excluding hydrogens is 361 g/mol. The number of aromatic nitrogens is 3. The van der Waals surface area contributed by atoms with Crippen molar-refractivity contribution >= 4 is 21.8 Å². The van der Waals surface area contributed by atoms with Crippen LogP contribution >= 0.6 is 0 Å². The molecule has 0 aliphatic carbocycles. The van der Waals surface area contributed by atoms with Crippen LogP contribution in [0.1, 0.15) is 21.8 Å². The van der Waals surface area contributed by atoms with Crippen LogP contribution in [0.2, 0.25) is 0 Å². The van der Waals surface area contributed by atoms with Gasteiger partial charge in [-0.25, -0.2) is 0 Å². The second kappa shape index (κ2) is 10.2. The van der Waals surface area contributed by atoms with Crippen molar-refractivity contribution < 1.29 is 47.4 Å². The average Bonchev–Trinajstić information content (AvgIpc) is 3.07. The van der Waals surface area contributed by atoms with Gasteiger partial charge in [0, 0.05) is 37.0 Å². The molecule has 0 spiro atoms. The van der Waals surface area contributed by atoms with Crippen LogP contribution in [-0.2, 0) is 21.3 Å². The summed E-state index contributed by atoms with van der Waals surface area (Å²) in [4.78, 5) is 12.9. The van der Waals surface area contributed by atoms with Gasteiger partial charge < -0.3 is 19.4 Å². The van der Waals surface area contributed by atoms with Crippen molar-refractivity contribution in [3.05, 3.63) is 47.8 Å². The molecule has 1 atom stereocenters. The van der Waals surface area contributed by atoms with E-state index in [-0.39, 0.29) is 47.1 Å². The molecule has 1 aromatic carbocycles. The van der Waals surface area contributed by atoms with Gasteiger partial charge in [0.1, 0.15) is 5.75 Å². The maximum absolute atomic E-state index is 12.7.